The van der Waals surface area contributed by atoms with Gasteiger partial charge in [0, 0.05) is 0 Å². The van der Waals surface area contributed by atoms with Crippen LogP contribution in [0.5, 0.6) is 5.75 Å². The fraction of sp³-hybridized carbons (Fsp3) is 0.300. The van der Waals surface area contributed by atoms with Crippen LogP contribution in [0.15, 0.2) is 18.2 Å². The van der Waals surface area contributed by atoms with Crippen LogP contribution in [0.4, 0.5) is 0 Å². The van der Waals surface area contributed by atoms with E-state index in [2.05, 4.69) is 10.2 Å². The first kappa shape index (κ1) is 10.8. The van der Waals surface area contributed by atoms with Crippen LogP contribution in [0, 0.1) is 0 Å². The fourth-order valence-corrected chi connectivity index (χ4v) is 1.39. The van der Waals surface area contributed by atoms with E-state index in [0.717, 1.165) is 0 Å². The minimum atomic E-state index is -0.968. The highest BCUT2D eigenvalue weighted by Gasteiger charge is 2.11. The molecule has 0 saturated carbocycles. The van der Waals surface area contributed by atoms with Crippen LogP contribution in [0.2, 0.25) is 0 Å². The van der Waals surface area contributed by atoms with Crippen molar-refractivity contribution in [3.05, 3.63) is 23.8 Å². The molecule has 1 rings (SSSR count). The van der Waals surface area contributed by atoms with E-state index in [9.17, 15) is 4.79 Å². The molecule has 0 bridgehead atoms. The fourth-order valence-electron chi connectivity index (χ4n) is 1.06. The van der Waals surface area contributed by atoms with Crippen molar-refractivity contribution in [3.8, 4) is 5.75 Å². The molecule has 0 fully saturated rings. The highest BCUT2D eigenvalue weighted by atomic mass is 28.1. The van der Waals surface area contributed by atoms with E-state index in [1.165, 1.54) is 6.07 Å². The van der Waals surface area contributed by atoms with E-state index in [1.54, 1.807) is 12.1 Å². The third-order valence-corrected chi connectivity index (χ3v) is 2.14. The van der Waals surface area contributed by atoms with Crippen molar-refractivity contribution in [2.45, 2.75) is 20.0 Å². The Morgan fingerprint density at radius 1 is 1.50 bits per heavy atom. The molecule has 0 aromatic heterocycles. The maximum Gasteiger partial charge on any atom is 0.335 e. The Balaban J connectivity index is 3.07. The molecule has 73 valence electrons. The molecular formula is C10H11O3Si. The average Bonchev–Trinajstić information content (AvgIpc) is 2.07. The van der Waals surface area contributed by atoms with Crippen molar-refractivity contribution >= 4 is 21.4 Å². The molecule has 0 amide bonds. The van der Waals surface area contributed by atoms with Gasteiger partial charge in [0.25, 0.3) is 0 Å². The molecule has 0 aliphatic carbocycles. The molecule has 1 N–H and O–H groups in total. The van der Waals surface area contributed by atoms with Crippen LogP contribution in [-0.4, -0.2) is 27.4 Å². The second-order valence-corrected chi connectivity index (χ2v) is 3.65. The molecule has 1 aromatic carbocycles. The molecule has 0 aliphatic heterocycles. The maximum absolute atomic E-state index is 10.8. The Morgan fingerprint density at radius 3 is 2.64 bits per heavy atom. The van der Waals surface area contributed by atoms with Gasteiger partial charge in [0.15, 0.2) is 0 Å². The summed E-state index contributed by atoms with van der Waals surface area (Å²) in [6.45, 7) is 3.78. The molecule has 1 aromatic rings. The first-order chi connectivity index (χ1) is 6.52. The Hall–Kier alpha value is -1.29. The number of hydrogen-bond donors (Lipinski definition) is 1. The van der Waals surface area contributed by atoms with Crippen molar-refractivity contribution in [1.82, 2.24) is 0 Å². The van der Waals surface area contributed by atoms with E-state index in [-0.39, 0.29) is 11.7 Å². The van der Waals surface area contributed by atoms with E-state index >= 15 is 0 Å². The molecule has 0 saturated heterocycles. The summed E-state index contributed by atoms with van der Waals surface area (Å²) in [7, 11) is 3.26. The quantitative estimate of drug-likeness (QED) is 0.751. The van der Waals surface area contributed by atoms with Crippen molar-refractivity contribution in [2.75, 3.05) is 0 Å². The number of hydrogen-bond acceptors (Lipinski definition) is 2. The first-order valence-corrected chi connectivity index (χ1v) is 4.77. The second-order valence-electron chi connectivity index (χ2n) is 3.15. The van der Waals surface area contributed by atoms with Gasteiger partial charge < -0.3 is 9.84 Å². The zero-order valence-corrected chi connectivity index (χ0v) is 9.07. The first-order valence-electron chi connectivity index (χ1n) is 4.27. The number of carboxylic acids is 1. The maximum atomic E-state index is 10.8. The van der Waals surface area contributed by atoms with Gasteiger partial charge in [-0.3, -0.25) is 0 Å². The molecule has 4 heteroatoms. The summed E-state index contributed by atoms with van der Waals surface area (Å²) in [4.78, 5) is 10.8. The Morgan fingerprint density at radius 2 is 2.14 bits per heavy atom. The normalized spacial score (nSPS) is 10.3. The minimum Gasteiger partial charge on any atom is -0.491 e. The third-order valence-electron chi connectivity index (χ3n) is 1.62. The molecule has 0 aliphatic rings. The Kier molecular flexibility index (Phi) is 3.30. The van der Waals surface area contributed by atoms with E-state index in [1.807, 2.05) is 13.8 Å². The Bertz CT molecular complexity index is 347. The predicted octanol–water partition coefficient (Wildman–Crippen LogP) is 0.966. The van der Waals surface area contributed by atoms with Gasteiger partial charge in [-0.25, -0.2) is 4.79 Å². The molecule has 3 nitrogen and oxygen atoms in total. The number of carbonyl (C=O) groups is 1. The minimum absolute atomic E-state index is 0.0224. The van der Waals surface area contributed by atoms with Gasteiger partial charge in [0.05, 0.1) is 21.9 Å². The average molecular weight is 207 g/mol. The number of carboxylic acid groups (broad SMARTS) is 1. The lowest BCUT2D eigenvalue weighted by Crippen LogP contribution is -2.20. The molecule has 0 unspecified atom stereocenters. The predicted molar refractivity (Wildman–Crippen MR) is 54.6 cm³/mol. The molecule has 0 spiro atoms. The number of benzene rings is 1. The lowest BCUT2D eigenvalue weighted by atomic mass is 10.2. The molecular weight excluding hydrogens is 196 g/mol. The molecule has 3 radical (unpaired) electrons. The van der Waals surface area contributed by atoms with Crippen molar-refractivity contribution < 1.29 is 14.6 Å². The number of rotatable bonds is 3. The van der Waals surface area contributed by atoms with Crippen LogP contribution in [0.3, 0.4) is 0 Å². The molecule has 0 atom stereocenters. The molecule has 0 heterocycles. The zero-order valence-electron chi connectivity index (χ0n) is 8.07. The lowest BCUT2D eigenvalue weighted by molar-refractivity contribution is 0.0698. The van der Waals surface area contributed by atoms with Gasteiger partial charge in [-0.15, -0.1) is 0 Å². The summed E-state index contributed by atoms with van der Waals surface area (Å²) < 4.78 is 5.42. The number of ether oxygens (including phenoxy) is 1. The highest BCUT2D eigenvalue weighted by molar-refractivity contribution is 6.38. The smallest absolute Gasteiger partial charge is 0.335 e. The van der Waals surface area contributed by atoms with Crippen LogP contribution in [-0.2, 0) is 0 Å². The van der Waals surface area contributed by atoms with E-state index in [4.69, 9.17) is 9.84 Å². The summed E-state index contributed by atoms with van der Waals surface area (Å²) in [5, 5.41) is 9.32. The third kappa shape index (κ3) is 2.35. The van der Waals surface area contributed by atoms with Gasteiger partial charge in [-0.2, -0.15) is 0 Å². The van der Waals surface area contributed by atoms with Crippen LogP contribution in [0.1, 0.15) is 24.2 Å². The van der Waals surface area contributed by atoms with Crippen molar-refractivity contribution in [1.29, 1.82) is 0 Å². The van der Waals surface area contributed by atoms with Crippen molar-refractivity contribution in [2.24, 2.45) is 0 Å². The molecule has 14 heavy (non-hydrogen) atoms. The van der Waals surface area contributed by atoms with Gasteiger partial charge in [0.2, 0.25) is 0 Å². The highest BCUT2D eigenvalue weighted by Crippen LogP contribution is 2.11. The second kappa shape index (κ2) is 4.28. The summed E-state index contributed by atoms with van der Waals surface area (Å²) in [6, 6.07) is 4.91. The van der Waals surface area contributed by atoms with Crippen LogP contribution >= 0.6 is 0 Å². The monoisotopic (exact) mass is 207 g/mol. The van der Waals surface area contributed by atoms with Crippen molar-refractivity contribution in [3.63, 3.8) is 0 Å². The van der Waals surface area contributed by atoms with Gasteiger partial charge >= 0.3 is 5.97 Å². The Labute approximate surface area is 86.1 Å². The largest absolute Gasteiger partial charge is 0.491 e. The van der Waals surface area contributed by atoms with E-state index in [0.29, 0.717) is 10.9 Å². The van der Waals surface area contributed by atoms with Gasteiger partial charge in [-0.1, -0.05) is 6.07 Å². The van der Waals surface area contributed by atoms with Gasteiger partial charge in [-0.05, 0) is 31.2 Å². The topological polar surface area (TPSA) is 46.5 Å². The lowest BCUT2D eigenvalue weighted by Gasteiger charge is -2.13. The van der Waals surface area contributed by atoms with Crippen LogP contribution in [0.25, 0.3) is 0 Å². The van der Waals surface area contributed by atoms with E-state index < -0.39 is 5.97 Å². The zero-order chi connectivity index (χ0) is 10.7. The SMILES string of the molecule is CC(C)Oc1cccc(C(=O)O)c1[Si]. The number of aromatic carboxylic acids is 1. The standard InChI is InChI=1S/C10H11O3Si/c1-6(2)13-8-5-3-4-7(9(8)14)10(11)12/h3-6H,1-2H3,(H,11,12). The summed E-state index contributed by atoms with van der Waals surface area (Å²) in [5.41, 5.74) is 0.208. The summed E-state index contributed by atoms with van der Waals surface area (Å²) >= 11 is 0. The van der Waals surface area contributed by atoms with Crippen LogP contribution < -0.4 is 9.92 Å². The van der Waals surface area contributed by atoms with Gasteiger partial charge in [0.1, 0.15) is 5.75 Å². The summed E-state index contributed by atoms with van der Waals surface area (Å²) in [5.74, 6) is -0.416. The summed E-state index contributed by atoms with van der Waals surface area (Å²) in [6.07, 6.45) is 0.0224.